The van der Waals surface area contributed by atoms with Crippen molar-refractivity contribution in [3.8, 4) is 5.75 Å². The molecule has 0 radical (unpaired) electrons. The summed E-state index contributed by atoms with van der Waals surface area (Å²) in [7, 11) is 1.62. The van der Waals surface area contributed by atoms with Gasteiger partial charge in [-0.2, -0.15) is 0 Å². The number of hydrogen-bond donors (Lipinski definition) is 1. The van der Waals surface area contributed by atoms with Crippen molar-refractivity contribution in [2.75, 3.05) is 13.7 Å². The van der Waals surface area contributed by atoms with Gasteiger partial charge in [-0.05, 0) is 52.3 Å². The summed E-state index contributed by atoms with van der Waals surface area (Å²) in [5.74, 6) is 0.521. The first-order valence-corrected chi connectivity index (χ1v) is 8.17. The third-order valence-corrected chi connectivity index (χ3v) is 4.30. The second-order valence-corrected chi connectivity index (χ2v) is 6.32. The van der Waals surface area contributed by atoms with Gasteiger partial charge < -0.3 is 10.1 Å². The van der Waals surface area contributed by atoms with Crippen molar-refractivity contribution in [1.29, 1.82) is 0 Å². The maximum Gasteiger partial charge on any atom is 0.133 e. The van der Waals surface area contributed by atoms with Gasteiger partial charge >= 0.3 is 0 Å². The van der Waals surface area contributed by atoms with Crippen LogP contribution in [0.15, 0.2) is 45.3 Å². The molecule has 0 aliphatic carbocycles. The quantitative estimate of drug-likeness (QED) is 0.735. The largest absolute Gasteiger partial charge is 0.496 e. The Morgan fingerprint density at radius 2 is 1.95 bits per heavy atom. The minimum Gasteiger partial charge on any atom is -0.496 e. The highest BCUT2D eigenvalue weighted by Crippen LogP contribution is 2.32. The predicted molar refractivity (Wildman–Crippen MR) is 90.3 cm³/mol. The van der Waals surface area contributed by atoms with Crippen LogP contribution in [0.2, 0.25) is 0 Å². The zero-order chi connectivity index (χ0) is 15.4. The van der Waals surface area contributed by atoms with Gasteiger partial charge in [0, 0.05) is 10.0 Å². The molecular weight excluding hydrogens is 401 g/mol. The third-order valence-electron chi connectivity index (χ3n) is 3.19. The summed E-state index contributed by atoms with van der Waals surface area (Å²) in [5, 5.41) is 3.32. The Labute approximate surface area is 141 Å². The normalized spacial score (nSPS) is 12.2. The zero-order valence-corrected chi connectivity index (χ0v) is 15.0. The van der Waals surface area contributed by atoms with Crippen LogP contribution in [0.25, 0.3) is 0 Å². The molecule has 1 unspecified atom stereocenters. The lowest BCUT2D eigenvalue weighted by atomic mass is 9.98. The summed E-state index contributed by atoms with van der Waals surface area (Å²) < 4.78 is 21.1. The molecule has 1 atom stereocenters. The van der Waals surface area contributed by atoms with Crippen molar-refractivity contribution in [1.82, 2.24) is 5.32 Å². The molecule has 0 saturated heterocycles. The minimum atomic E-state index is -0.234. The average Bonchev–Trinajstić information content (AvgIpc) is 2.45. The van der Waals surface area contributed by atoms with Crippen LogP contribution in [0, 0.1) is 5.82 Å². The van der Waals surface area contributed by atoms with Crippen LogP contribution in [0.4, 0.5) is 4.39 Å². The fraction of sp³-hybridized carbons (Fsp3) is 0.250. The molecule has 2 aromatic carbocycles. The Morgan fingerprint density at radius 1 is 1.19 bits per heavy atom. The molecule has 0 aromatic heterocycles. The van der Waals surface area contributed by atoms with Crippen molar-refractivity contribution >= 4 is 31.9 Å². The van der Waals surface area contributed by atoms with Gasteiger partial charge in [-0.15, -0.1) is 0 Å². The lowest BCUT2D eigenvalue weighted by molar-refractivity contribution is 0.411. The molecule has 21 heavy (non-hydrogen) atoms. The van der Waals surface area contributed by atoms with E-state index < -0.39 is 0 Å². The van der Waals surface area contributed by atoms with Gasteiger partial charge in [0.25, 0.3) is 0 Å². The molecule has 1 N–H and O–H groups in total. The van der Waals surface area contributed by atoms with Gasteiger partial charge in [0.15, 0.2) is 0 Å². The minimum absolute atomic E-state index is 0.203. The van der Waals surface area contributed by atoms with Crippen molar-refractivity contribution in [3.63, 3.8) is 0 Å². The summed E-state index contributed by atoms with van der Waals surface area (Å²) in [6.07, 6.45) is 0. The fourth-order valence-electron chi connectivity index (χ4n) is 2.21. The van der Waals surface area contributed by atoms with Gasteiger partial charge in [0.05, 0.1) is 17.6 Å². The number of halogens is 3. The highest BCUT2D eigenvalue weighted by atomic mass is 79.9. The van der Waals surface area contributed by atoms with Crippen molar-refractivity contribution in [2.45, 2.75) is 13.0 Å². The summed E-state index contributed by atoms with van der Waals surface area (Å²) in [4.78, 5) is 0. The van der Waals surface area contributed by atoms with Crippen LogP contribution in [0.1, 0.15) is 24.1 Å². The smallest absolute Gasteiger partial charge is 0.133 e. The molecule has 0 fully saturated rings. The summed E-state index contributed by atoms with van der Waals surface area (Å²) in [6.45, 7) is 2.74. The van der Waals surface area contributed by atoms with E-state index in [-0.39, 0.29) is 11.9 Å². The zero-order valence-electron chi connectivity index (χ0n) is 11.8. The van der Waals surface area contributed by atoms with Gasteiger partial charge in [0.2, 0.25) is 0 Å². The fourth-order valence-corrected chi connectivity index (χ4v) is 3.10. The molecule has 0 spiro atoms. The maximum absolute atomic E-state index is 14.2. The van der Waals surface area contributed by atoms with Crippen molar-refractivity contribution in [2.24, 2.45) is 0 Å². The molecule has 0 heterocycles. The number of hydrogen-bond acceptors (Lipinski definition) is 2. The van der Waals surface area contributed by atoms with Crippen LogP contribution in [0.5, 0.6) is 5.75 Å². The van der Waals surface area contributed by atoms with E-state index in [1.54, 1.807) is 13.2 Å². The first kappa shape index (κ1) is 16.5. The van der Waals surface area contributed by atoms with Crippen molar-refractivity contribution < 1.29 is 9.13 Å². The maximum atomic E-state index is 14.2. The van der Waals surface area contributed by atoms with E-state index in [9.17, 15) is 4.39 Å². The number of benzene rings is 2. The predicted octanol–water partition coefficient (Wildman–Crippen LogP) is 5.06. The standard InChI is InChI=1S/C16H16Br2FNO/c1-3-20-16(12-6-5-11(17)9-14(12)19)10-4-7-15(21-2)13(18)8-10/h4-9,16,20H,3H2,1-2H3. The van der Waals surface area contributed by atoms with Gasteiger partial charge in [-0.3, -0.25) is 0 Å². The SMILES string of the molecule is CCNC(c1ccc(OC)c(Br)c1)c1ccc(Br)cc1F. The molecule has 2 rings (SSSR count). The van der Waals surface area contributed by atoms with E-state index in [2.05, 4.69) is 37.2 Å². The molecule has 0 aliphatic rings. The summed E-state index contributed by atoms with van der Waals surface area (Å²) in [6, 6.07) is 10.7. The topological polar surface area (TPSA) is 21.3 Å². The van der Waals surface area contributed by atoms with E-state index in [0.717, 1.165) is 26.8 Å². The molecule has 0 amide bonds. The average molecular weight is 417 g/mol. The molecule has 2 aromatic rings. The molecule has 5 heteroatoms. The van der Waals surface area contributed by atoms with Crippen LogP contribution in [-0.2, 0) is 0 Å². The van der Waals surface area contributed by atoms with Crippen molar-refractivity contribution in [3.05, 3.63) is 62.3 Å². The van der Waals surface area contributed by atoms with E-state index >= 15 is 0 Å². The Balaban J connectivity index is 2.45. The molecular formula is C16H16Br2FNO. The van der Waals surface area contributed by atoms with E-state index in [4.69, 9.17) is 4.74 Å². The number of methoxy groups -OCH3 is 1. The highest BCUT2D eigenvalue weighted by Gasteiger charge is 2.18. The lowest BCUT2D eigenvalue weighted by Crippen LogP contribution is -2.23. The molecule has 0 bridgehead atoms. The highest BCUT2D eigenvalue weighted by molar-refractivity contribution is 9.10. The van der Waals surface area contributed by atoms with E-state index in [0.29, 0.717) is 5.56 Å². The molecule has 112 valence electrons. The monoisotopic (exact) mass is 415 g/mol. The first-order valence-electron chi connectivity index (χ1n) is 6.58. The van der Waals surface area contributed by atoms with Crippen LogP contribution in [0.3, 0.4) is 0 Å². The van der Waals surface area contributed by atoms with Crippen LogP contribution in [-0.4, -0.2) is 13.7 Å². The Morgan fingerprint density at radius 3 is 2.52 bits per heavy atom. The van der Waals surface area contributed by atoms with Gasteiger partial charge in [0.1, 0.15) is 11.6 Å². The Hall–Kier alpha value is -0.910. The van der Waals surface area contributed by atoms with E-state index in [1.165, 1.54) is 6.07 Å². The van der Waals surface area contributed by atoms with Crippen LogP contribution < -0.4 is 10.1 Å². The lowest BCUT2D eigenvalue weighted by Gasteiger charge is -2.20. The number of nitrogens with one attached hydrogen (secondary N) is 1. The second-order valence-electron chi connectivity index (χ2n) is 4.55. The summed E-state index contributed by atoms with van der Waals surface area (Å²) in [5.41, 5.74) is 1.60. The summed E-state index contributed by atoms with van der Waals surface area (Å²) >= 11 is 6.76. The number of rotatable bonds is 5. The first-order chi connectivity index (χ1) is 10.1. The van der Waals surface area contributed by atoms with Crippen LogP contribution >= 0.6 is 31.9 Å². The Kier molecular flexibility index (Phi) is 5.79. The molecule has 0 aliphatic heterocycles. The molecule has 0 saturated carbocycles. The third kappa shape index (κ3) is 3.84. The van der Waals surface area contributed by atoms with Gasteiger partial charge in [-0.1, -0.05) is 35.0 Å². The molecule has 2 nitrogen and oxygen atoms in total. The van der Waals surface area contributed by atoms with E-state index in [1.807, 2.05) is 31.2 Å². The number of ether oxygens (including phenoxy) is 1. The second kappa shape index (κ2) is 7.38. The van der Waals surface area contributed by atoms with Gasteiger partial charge in [-0.25, -0.2) is 4.39 Å². The Bertz CT molecular complexity index is 634.